The Labute approximate surface area is 309 Å². The van der Waals surface area contributed by atoms with Gasteiger partial charge < -0.3 is 56.0 Å². The number of carbonyl (C=O) groups is 4. The molecule has 0 spiro atoms. The number of hydrogen-bond acceptors (Lipinski definition) is 12. The zero-order chi connectivity index (χ0) is 38.9. The summed E-state index contributed by atoms with van der Waals surface area (Å²) in [6.45, 7) is 14.4. The lowest BCUT2D eigenvalue weighted by atomic mass is 10.0. The number of amides is 5. The topological polar surface area (TPSA) is 242 Å². The Hall–Kier alpha value is -3.62. The second-order valence-corrected chi connectivity index (χ2v) is 14.0. The van der Waals surface area contributed by atoms with E-state index in [0.29, 0.717) is 57.1 Å². The zero-order valence-corrected chi connectivity index (χ0v) is 32.2. The standard InChI is InChI=1S/C34H59N8O9P/c1-24(2)30(36)32(44)41-29(9-7-15-38-33(37)45)31(43)40-28-12-10-27(11-13-28)23-49-34(46)39-16-18-47-19-20-48-21-22-51-52(50-17-8-14-35)42(25(3)4)26(5)6/h10-13,24-26,29-30H,7-9,15-23,36H2,1-6H3,(H,39,46)(H,40,43)(H,41,44)(H3,37,38,45)/t29-,30-,52?/m0/s1. The van der Waals surface area contributed by atoms with E-state index in [1.165, 1.54) is 0 Å². The first-order valence-electron chi connectivity index (χ1n) is 17.5. The molecule has 1 aromatic carbocycles. The molecule has 0 aliphatic carbocycles. The smallest absolute Gasteiger partial charge is 0.407 e. The maximum atomic E-state index is 13.0. The predicted molar refractivity (Wildman–Crippen MR) is 198 cm³/mol. The second kappa shape index (κ2) is 27.1. The fourth-order valence-electron chi connectivity index (χ4n) is 4.51. The van der Waals surface area contributed by atoms with Gasteiger partial charge in [-0.1, -0.05) is 26.0 Å². The van der Waals surface area contributed by atoms with Gasteiger partial charge in [0.1, 0.15) is 12.6 Å². The number of hydrogen-bond donors (Lipinski definition) is 6. The fraction of sp³-hybridized carbons (Fsp3) is 0.676. The van der Waals surface area contributed by atoms with Crippen LogP contribution in [0.2, 0.25) is 0 Å². The van der Waals surface area contributed by atoms with Crippen LogP contribution in [0.5, 0.6) is 0 Å². The molecule has 294 valence electrons. The summed E-state index contributed by atoms with van der Waals surface area (Å²) in [5, 5.41) is 19.4. The number of urea groups is 1. The fourth-order valence-corrected chi connectivity index (χ4v) is 6.08. The van der Waals surface area contributed by atoms with E-state index >= 15 is 0 Å². The first kappa shape index (κ1) is 46.4. The third-order valence-corrected chi connectivity index (χ3v) is 9.30. The summed E-state index contributed by atoms with van der Waals surface area (Å²) in [5.74, 6) is -1.02. The van der Waals surface area contributed by atoms with Gasteiger partial charge in [-0.3, -0.25) is 9.59 Å². The summed E-state index contributed by atoms with van der Waals surface area (Å²) in [5.41, 5.74) is 12.2. The molecule has 1 unspecified atom stereocenters. The zero-order valence-electron chi connectivity index (χ0n) is 31.4. The molecule has 8 N–H and O–H groups in total. The van der Waals surface area contributed by atoms with E-state index in [9.17, 15) is 19.2 Å². The lowest BCUT2D eigenvalue weighted by Gasteiger charge is -2.35. The molecule has 0 fully saturated rings. The molecule has 18 heteroatoms. The number of rotatable bonds is 27. The minimum absolute atomic E-state index is 0.00706. The SMILES string of the molecule is CC(C)[C@H](N)C(=O)N[C@@H](CCCNC(N)=O)C(=O)Nc1ccc(COC(=O)NCCOCCOCCOP(OCCC#N)N(C(C)C)C(C)C)cc1. The molecule has 3 atom stereocenters. The number of nitriles is 1. The van der Waals surface area contributed by atoms with Gasteiger partial charge in [0.05, 0.1) is 58.2 Å². The van der Waals surface area contributed by atoms with Gasteiger partial charge in [-0.15, -0.1) is 0 Å². The Morgan fingerprint density at radius 3 is 2.06 bits per heavy atom. The van der Waals surface area contributed by atoms with E-state index in [4.69, 9.17) is 40.0 Å². The van der Waals surface area contributed by atoms with Gasteiger partial charge in [0.25, 0.3) is 8.53 Å². The maximum absolute atomic E-state index is 13.0. The van der Waals surface area contributed by atoms with Crippen LogP contribution >= 0.6 is 8.53 Å². The highest BCUT2D eigenvalue weighted by Crippen LogP contribution is 2.45. The Bertz CT molecular complexity index is 1230. The van der Waals surface area contributed by atoms with Crippen LogP contribution in [-0.4, -0.2) is 106 Å². The van der Waals surface area contributed by atoms with Gasteiger partial charge in [0, 0.05) is 30.9 Å². The number of nitrogens with one attached hydrogen (secondary N) is 4. The number of primary amides is 1. The van der Waals surface area contributed by atoms with E-state index in [2.05, 4.69) is 59.7 Å². The average Bonchev–Trinajstić information content (AvgIpc) is 3.08. The summed E-state index contributed by atoms with van der Waals surface area (Å²) in [6, 6.07) is 6.87. The van der Waals surface area contributed by atoms with Crippen LogP contribution in [0.4, 0.5) is 15.3 Å². The number of nitrogens with zero attached hydrogens (tertiary/aromatic N) is 2. The van der Waals surface area contributed by atoms with Crippen LogP contribution in [0.25, 0.3) is 0 Å². The predicted octanol–water partition coefficient (Wildman–Crippen LogP) is 3.09. The lowest BCUT2D eigenvalue weighted by Crippen LogP contribution is -2.51. The summed E-state index contributed by atoms with van der Waals surface area (Å²) < 4.78 is 30.3. The molecule has 52 heavy (non-hydrogen) atoms. The van der Waals surface area contributed by atoms with Crippen molar-refractivity contribution in [1.29, 1.82) is 5.26 Å². The Kier molecular flexibility index (Phi) is 24.1. The van der Waals surface area contributed by atoms with Crippen molar-refractivity contribution in [3.05, 3.63) is 29.8 Å². The van der Waals surface area contributed by atoms with Crippen molar-refractivity contribution in [1.82, 2.24) is 20.6 Å². The largest absolute Gasteiger partial charge is 0.445 e. The molecule has 0 aliphatic rings. The molecule has 17 nitrogen and oxygen atoms in total. The molecule has 5 amide bonds. The monoisotopic (exact) mass is 754 g/mol. The number of alkyl carbamates (subject to hydrolysis) is 1. The normalized spacial score (nSPS) is 13.0. The Morgan fingerprint density at radius 1 is 0.846 bits per heavy atom. The van der Waals surface area contributed by atoms with Crippen molar-refractivity contribution < 1.29 is 42.4 Å². The second-order valence-electron chi connectivity index (χ2n) is 12.6. The molecule has 0 saturated carbocycles. The van der Waals surface area contributed by atoms with Crippen LogP contribution in [0.1, 0.15) is 66.4 Å². The molecule has 0 heterocycles. The summed E-state index contributed by atoms with van der Waals surface area (Å²) in [4.78, 5) is 48.6. The van der Waals surface area contributed by atoms with Crippen LogP contribution in [-0.2, 0) is 39.5 Å². The number of anilines is 1. The summed E-state index contributed by atoms with van der Waals surface area (Å²) >= 11 is 0. The number of nitrogens with two attached hydrogens (primary N) is 2. The van der Waals surface area contributed by atoms with Crippen molar-refractivity contribution in [2.45, 2.75) is 91.6 Å². The number of ether oxygens (including phenoxy) is 3. The van der Waals surface area contributed by atoms with Crippen LogP contribution in [0, 0.1) is 17.2 Å². The highest BCUT2D eigenvalue weighted by molar-refractivity contribution is 7.44. The highest BCUT2D eigenvalue weighted by atomic mass is 31.2. The first-order valence-corrected chi connectivity index (χ1v) is 18.7. The van der Waals surface area contributed by atoms with Crippen molar-refractivity contribution in [3.8, 4) is 6.07 Å². The minimum atomic E-state index is -1.31. The maximum Gasteiger partial charge on any atom is 0.407 e. The van der Waals surface area contributed by atoms with Gasteiger partial charge in [-0.2, -0.15) is 5.26 Å². The molecular formula is C34H59N8O9P. The average molecular weight is 755 g/mol. The third kappa shape index (κ3) is 20.4. The van der Waals surface area contributed by atoms with E-state index in [1.54, 1.807) is 38.1 Å². The Balaban J connectivity index is 2.36. The summed E-state index contributed by atoms with van der Waals surface area (Å²) in [7, 11) is -1.31. The van der Waals surface area contributed by atoms with E-state index in [1.807, 2.05) is 0 Å². The van der Waals surface area contributed by atoms with Crippen molar-refractivity contribution in [2.24, 2.45) is 17.4 Å². The lowest BCUT2D eigenvalue weighted by molar-refractivity contribution is -0.128. The van der Waals surface area contributed by atoms with E-state index in [-0.39, 0.29) is 50.7 Å². The molecule has 0 radical (unpaired) electrons. The van der Waals surface area contributed by atoms with Gasteiger partial charge >= 0.3 is 12.1 Å². The molecule has 0 aromatic heterocycles. The van der Waals surface area contributed by atoms with Crippen molar-refractivity contribution in [2.75, 3.05) is 58.0 Å². The minimum Gasteiger partial charge on any atom is -0.445 e. The molecule has 0 bridgehead atoms. The van der Waals surface area contributed by atoms with Crippen LogP contribution < -0.4 is 32.7 Å². The quantitative estimate of drug-likeness (QED) is 0.0561. The summed E-state index contributed by atoms with van der Waals surface area (Å²) in [6.07, 6.45) is 0.335. The Morgan fingerprint density at radius 2 is 1.46 bits per heavy atom. The van der Waals surface area contributed by atoms with Gasteiger partial charge in [0.15, 0.2) is 0 Å². The highest BCUT2D eigenvalue weighted by Gasteiger charge is 2.27. The molecule has 1 aromatic rings. The van der Waals surface area contributed by atoms with E-state index < -0.39 is 44.5 Å². The molecular weight excluding hydrogens is 695 g/mol. The first-order chi connectivity index (χ1) is 24.8. The molecule has 0 aliphatic heterocycles. The van der Waals surface area contributed by atoms with Gasteiger partial charge in [-0.05, 0) is 64.2 Å². The third-order valence-electron chi connectivity index (χ3n) is 7.19. The van der Waals surface area contributed by atoms with Gasteiger partial charge in [0.2, 0.25) is 11.8 Å². The van der Waals surface area contributed by atoms with Crippen molar-refractivity contribution in [3.63, 3.8) is 0 Å². The van der Waals surface area contributed by atoms with Gasteiger partial charge in [-0.25, -0.2) is 14.3 Å². The van der Waals surface area contributed by atoms with Crippen LogP contribution in [0.3, 0.4) is 0 Å². The van der Waals surface area contributed by atoms with Crippen molar-refractivity contribution >= 4 is 38.2 Å². The van der Waals surface area contributed by atoms with E-state index in [0.717, 1.165) is 0 Å². The molecule has 1 rings (SSSR count). The number of benzene rings is 1. The van der Waals surface area contributed by atoms with Crippen LogP contribution in [0.15, 0.2) is 24.3 Å². The number of carbonyl (C=O) groups excluding carboxylic acids is 4. The molecule has 0 saturated heterocycles.